The number of carbonyl (C=O) groups is 1. The Bertz CT molecular complexity index is 214. The van der Waals surface area contributed by atoms with Crippen LogP contribution in [0.25, 0.3) is 0 Å². The minimum Gasteiger partial charge on any atom is -0.355 e. The Balaban J connectivity index is 2.27. The Morgan fingerprint density at radius 2 is 2.15 bits per heavy atom. The van der Waals surface area contributed by atoms with Crippen molar-refractivity contribution in [2.24, 2.45) is 11.3 Å². The lowest BCUT2D eigenvalue weighted by Crippen LogP contribution is -2.33. The second-order valence-corrected chi connectivity index (χ2v) is 4.48. The molecule has 74 valence electrons. The van der Waals surface area contributed by atoms with E-state index in [0.717, 1.165) is 19.4 Å². The second kappa shape index (κ2) is 3.95. The SMILES string of the molecule is CC=CC(C)(C)CNC(=O)C1CC1. The molecule has 0 unspecified atom stereocenters. The van der Waals surface area contributed by atoms with Crippen LogP contribution in [0.2, 0.25) is 0 Å². The number of amides is 1. The fourth-order valence-corrected chi connectivity index (χ4v) is 1.31. The van der Waals surface area contributed by atoms with E-state index in [-0.39, 0.29) is 11.3 Å². The highest BCUT2D eigenvalue weighted by molar-refractivity contribution is 5.80. The summed E-state index contributed by atoms with van der Waals surface area (Å²) >= 11 is 0. The van der Waals surface area contributed by atoms with Crippen LogP contribution in [-0.4, -0.2) is 12.5 Å². The van der Waals surface area contributed by atoms with Gasteiger partial charge in [0, 0.05) is 12.5 Å². The van der Waals surface area contributed by atoms with Gasteiger partial charge in [-0.05, 0) is 25.2 Å². The van der Waals surface area contributed by atoms with E-state index >= 15 is 0 Å². The highest BCUT2D eigenvalue weighted by Gasteiger charge is 2.30. The molecule has 1 amide bonds. The normalized spacial score (nSPS) is 17.8. The summed E-state index contributed by atoms with van der Waals surface area (Å²) in [5.74, 6) is 0.555. The highest BCUT2D eigenvalue weighted by Crippen LogP contribution is 2.29. The van der Waals surface area contributed by atoms with Crippen molar-refractivity contribution in [3.63, 3.8) is 0 Å². The van der Waals surface area contributed by atoms with E-state index in [1.54, 1.807) is 0 Å². The third kappa shape index (κ3) is 3.62. The third-order valence-corrected chi connectivity index (χ3v) is 2.28. The average molecular weight is 181 g/mol. The first kappa shape index (κ1) is 10.3. The Labute approximate surface area is 80.4 Å². The predicted octanol–water partition coefficient (Wildman–Crippen LogP) is 2.11. The fraction of sp³-hybridized carbons (Fsp3) is 0.727. The minimum absolute atomic E-state index is 0.0826. The fourth-order valence-electron chi connectivity index (χ4n) is 1.31. The third-order valence-electron chi connectivity index (χ3n) is 2.28. The molecule has 2 heteroatoms. The van der Waals surface area contributed by atoms with Gasteiger partial charge in [0.15, 0.2) is 0 Å². The van der Waals surface area contributed by atoms with Gasteiger partial charge in [0.05, 0.1) is 0 Å². The zero-order valence-electron chi connectivity index (χ0n) is 8.76. The smallest absolute Gasteiger partial charge is 0.223 e. The van der Waals surface area contributed by atoms with Gasteiger partial charge in [0.2, 0.25) is 5.91 Å². The molecule has 1 aliphatic rings. The number of carbonyl (C=O) groups excluding carboxylic acids is 1. The van der Waals surface area contributed by atoms with Gasteiger partial charge in [-0.2, -0.15) is 0 Å². The van der Waals surface area contributed by atoms with E-state index in [2.05, 4.69) is 25.2 Å². The molecule has 1 fully saturated rings. The van der Waals surface area contributed by atoms with Crippen LogP contribution in [0.3, 0.4) is 0 Å². The van der Waals surface area contributed by atoms with Gasteiger partial charge in [-0.1, -0.05) is 26.0 Å². The molecule has 0 atom stereocenters. The zero-order chi connectivity index (χ0) is 9.90. The lowest BCUT2D eigenvalue weighted by Gasteiger charge is -2.20. The molecule has 0 spiro atoms. The van der Waals surface area contributed by atoms with Gasteiger partial charge in [0.1, 0.15) is 0 Å². The quantitative estimate of drug-likeness (QED) is 0.661. The van der Waals surface area contributed by atoms with Gasteiger partial charge in [0.25, 0.3) is 0 Å². The van der Waals surface area contributed by atoms with E-state index < -0.39 is 0 Å². The standard InChI is InChI=1S/C11H19NO/c1-4-7-11(2,3)8-12-10(13)9-5-6-9/h4,7,9H,5-6,8H2,1-3H3,(H,12,13). The highest BCUT2D eigenvalue weighted by atomic mass is 16.2. The number of rotatable bonds is 4. The molecule has 0 bridgehead atoms. The second-order valence-electron chi connectivity index (χ2n) is 4.48. The summed E-state index contributed by atoms with van der Waals surface area (Å²) in [6.07, 6.45) is 6.31. The van der Waals surface area contributed by atoms with Crippen molar-refractivity contribution in [2.45, 2.75) is 33.6 Å². The molecule has 0 aromatic rings. The van der Waals surface area contributed by atoms with Crippen LogP contribution >= 0.6 is 0 Å². The van der Waals surface area contributed by atoms with Crippen LogP contribution in [0, 0.1) is 11.3 Å². The summed E-state index contributed by atoms with van der Waals surface area (Å²) in [5, 5.41) is 2.98. The summed E-state index contributed by atoms with van der Waals surface area (Å²) in [5.41, 5.74) is 0.0826. The van der Waals surface area contributed by atoms with Crippen molar-refractivity contribution < 1.29 is 4.79 Å². The van der Waals surface area contributed by atoms with E-state index in [1.165, 1.54) is 0 Å². The van der Waals surface area contributed by atoms with Gasteiger partial charge in [-0.3, -0.25) is 4.79 Å². The Morgan fingerprint density at radius 3 is 2.62 bits per heavy atom. The van der Waals surface area contributed by atoms with Crippen LogP contribution in [0.5, 0.6) is 0 Å². The first-order valence-corrected chi connectivity index (χ1v) is 4.97. The van der Waals surface area contributed by atoms with Crippen molar-refractivity contribution in [3.8, 4) is 0 Å². The average Bonchev–Trinajstić information content (AvgIpc) is 2.82. The summed E-state index contributed by atoms with van der Waals surface area (Å²) in [6.45, 7) is 7.00. The predicted molar refractivity (Wildman–Crippen MR) is 54.3 cm³/mol. The summed E-state index contributed by atoms with van der Waals surface area (Å²) < 4.78 is 0. The van der Waals surface area contributed by atoms with Crippen LogP contribution in [-0.2, 0) is 4.79 Å². The molecule has 0 saturated heterocycles. The number of nitrogens with one attached hydrogen (secondary N) is 1. The molecule has 0 aliphatic heterocycles. The molecule has 13 heavy (non-hydrogen) atoms. The summed E-state index contributed by atoms with van der Waals surface area (Å²) in [7, 11) is 0. The van der Waals surface area contributed by atoms with Crippen molar-refractivity contribution in [1.29, 1.82) is 0 Å². The molecular formula is C11H19NO. The van der Waals surface area contributed by atoms with Crippen LogP contribution in [0.4, 0.5) is 0 Å². The maximum absolute atomic E-state index is 11.3. The molecule has 1 saturated carbocycles. The lowest BCUT2D eigenvalue weighted by molar-refractivity contribution is -0.122. The monoisotopic (exact) mass is 181 g/mol. The Hall–Kier alpha value is -0.790. The van der Waals surface area contributed by atoms with Gasteiger partial charge in [-0.15, -0.1) is 0 Å². The molecule has 2 nitrogen and oxygen atoms in total. The van der Waals surface area contributed by atoms with Gasteiger partial charge in [-0.25, -0.2) is 0 Å². The number of hydrogen-bond donors (Lipinski definition) is 1. The molecule has 1 rings (SSSR count). The maximum Gasteiger partial charge on any atom is 0.223 e. The minimum atomic E-state index is 0.0826. The van der Waals surface area contributed by atoms with Gasteiger partial charge >= 0.3 is 0 Å². The molecular weight excluding hydrogens is 162 g/mol. The topological polar surface area (TPSA) is 29.1 Å². The molecule has 0 aromatic heterocycles. The van der Waals surface area contributed by atoms with E-state index in [1.807, 2.05) is 13.0 Å². The summed E-state index contributed by atoms with van der Waals surface area (Å²) in [4.78, 5) is 11.3. The molecule has 0 radical (unpaired) electrons. The Kier molecular flexibility index (Phi) is 3.12. The summed E-state index contributed by atoms with van der Waals surface area (Å²) in [6, 6.07) is 0. The van der Waals surface area contributed by atoms with Crippen LogP contribution < -0.4 is 5.32 Å². The van der Waals surface area contributed by atoms with E-state index in [0.29, 0.717) is 5.92 Å². The number of hydrogen-bond acceptors (Lipinski definition) is 1. The zero-order valence-corrected chi connectivity index (χ0v) is 8.76. The van der Waals surface area contributed by atoms with Crippen LogP contribution in [0.15, 0.2) is 12.2 Å². The maximum atomic E-state index is 11.3. The first-order chi connectivity index (χ1) is 6.05. The molecule has 0 heterocycles. The van der Waals surface area contributed by atoms with E-state index in [4.69, 9.17) is 0 Å². The lowest BCUT2D eigenvalue weighted by atomic mass is 9.93. The molecule has 0 aromatic carbocycles. The van der Waals surface area contributed by atoms with Crippen molar-refractivity contribution in [1.82, 2.24) is 5.32 Å². The van der Waals surface area contributed by atoms with Crippen LogP contribution in [0.1, 0.15) is 33.6 Å². The largest absolute Gasteiger partial charge is 0.355 e. The van der Waals surface area contributed by atoms with Gasteiger partial charge < -0.3 is 5.32 Å². The van der Waals surface area contributed by atoms with Crippen molar-refractivity contribution in [3.05, 3.63) is 12.2 Å². The van der Waals surface area contributed by atoms with Crippen molar-refractivity contribution in [2.75, 3.05) is 6.54 Å². The Morgan fingerprint density at radius 1 is 1.54 bits per heavy atom. The number of allylic oxidation sites excluding steroid dienone is 1. The molecule has 1 N–H and O–H groups in total. The molecule has 1 aliphatic carbocycles. The van der Waals surface area contributed by atoms with Crippen molar-refractivity contribution >= 4 is 5.91 Å². The van der Waals surface area contributed by atoms with E-state index in [9.17, 15) is 4.79 Å². The first-order valence-electron chi connectivity index (χ1n) is 4.97.